The molecule has 1 aliphatic heterocycles. The van der Waals surface area contributed by atoms with Crippen LogP contribution in [-0.2, 0) is 9.59 Å². The van der Waals surface area contributed by atoms with Crippen molar-refractivity contribution in [2.75, 3.05) is 16.8 Å². The minimum absolute atomic E-state index is 0.0508. The fourth-order valence-corrected chi connectivity index (χ4v) is 2.23. The first-order valence-corrected chi connectivity index (χ1v) is 6.31. The van der Waals surface area contributed by atoms with Gasteiger partial charge < -0.3 is 15.3 Å². The molecule has 1 unspecified atom stereocenters. The second kappa shape index (κ2) is 4.91. The molecule has 2 rings (SSSR count). The Morgan fingerprint density at radius 1 is 1.37 bits per heavy atom. The lowest BCUT2D eigenvalue weighted by Crippen LogP contribution is -2.46. The molecule has 5 heteroatoms. The van der Waals surface area contributed by atoms with Gasteiger partial charge >= 0.3 is 5.97 Å². The molecule has 0 bridgehead atoms. The van der Waals surface area contributed by atoms with Crippen molar-refractivity contribution in [3.63, 3.8) is 0 Å². The number of rotatable bonds is 3. The first kappa shape index (κ1) is 13.4. The fraction of sp³-hybridized carbons (Fsp3) is 0.429. The van der Waals surface area contributed by atoms with Crippen LogP contribution in [0.2, 0.25) is 0 Å². The second-order valence-corrected chi connectivity index (χ2v) is 4.95. The number of carboxylic acids is 1. The maximum absolute atomic E-state index is 12.2. The van der Waals surface area contributed by atoms with Gasteiger partial charge in [0.1, 0.15) is 6.04 Å². The number of aryl methyl sites for hydroxylation is 2. The van der Waals surface area contributed by atoms with Crippen LogP contribution in [0.25, 0.3) is 0 Å². The van der Waals surface area contributed by atoms with Gasteiger partial charge in [0.2, 0.25) is 5.91 Å². The number of carboxylic acid groups (broad SMARTS) is 1. The van der Waals surface area contributed by atoms with Crippen molar-refractivity contribution < 1.29 is 14.7 Å². The van der Waals surface area contributed by atoms with Crippen LogP contribution in [-0.4, -0.2) is 29.6 Å². The zero-order valence-electron chi connectivity index (χ0n) is 11.4. The van der Waals surface area contributed by atoms with E-state index in [0.717, 1.165) is 22.5 Å². The molecule has 0 aliphatic carbocycles. The summed E-state index contributed by atoms with van der Waals surface area (Å²) in [6.07, 6.45) is -0.0508. The van der Waals surface area contributed by atoms with Crippen LogP contribution in [0.4, 0.5) is 11.4 Å². The molecule has 0 saturated carbocycles. The van der Waals surface area contributed by atoms with Gasteiger partial charge in [-0.2, -0.15) is 0 Å². The highest BCUT2D eigenvalue weighted by molar-refractivity contribution is 6.05. The Bertz CT molecular complexity index is 540. The Morgan fingerprint density at radius 3 is 2.63 bits per heavy atom. The number of anilines is 2. The van der Waals surface area contributed by atoms with E-state index in [1.54, 1.807) is 11.8 Å². The van der Waals surface area contributed by atoms with E-state index in [9.17, 15) is 9.59 Å². The van der Waals surface area contributed by atoms with Gasteiger partial charge in [0.25, 0.3) is 0 Å². The summed E-state index contributed by atoms with van der Waals surface area (Å²) in [7, 11) is 0. The van der Waals surface area contributed by atoms with Crippen molar-refractivity contribution in [3.05, 3.63) is 23.3 Å². The van der Waals surface area contributed by atoms with E-state index in [4.69, 9.17) is 5.11 Å². The van der Waals surface area contributed by atoms with Crippen LogP contribution in [0.15, 0.2) is 12.1 Å². The molecule has 1 aromatic rings. The molecule has 0 fully saturated rings. The SMILES string of the molecule is Cc1cc2c(cc1C)N(CCC(=O)O)C(=O)C(C)N2. The predicted octanol–water partition coefficient (Wildman–Crippen LogP) is 1.93. The van der Waals surface area contributed by atoms with Crippen LogP contribution in [0.3, 0.4) is 0 Å². The number of benzene rings is 1. The van der Waals surface area contributed by atoms with Gasteiger partial charge in [0.05, 0.1) is 17.8 Å². The van der Waals surface area contributed by atoms with Gasteiger partial charge in [0, 0.05) is 6.54 Å². The smallest absolute Gasteiger partial charge is 0.305 e. The Kier molecular flexibility index (Phi) is 3.46. The lowest BCUT2D eigenvalue weighted by atomic mass is 10.0. The van der Waals surface area contributed by atoms with Crippen LogP contribution in [0.5, 0.6) is 0 Å². The van der Waals surface area contributed by atoms with Crippen LogP contribution >= 0.6 is 0 Å². The third-order valence-electron chi connectivity index (χ3n) is 3.46. The summed E-state index contributed by atoms with van der Waals surface area (Å²) in [5, 5.41) is 11.9. The highest BCUT2D eigenvalue weighted by Gasteiger charge is 2.30. The number of carbonyl (C=O) groups excluding carboxylic acids is 1. The number of nitrogens with one attached hydrogen (secondary N) is 1. The average Bonchev–Trinajstić information content (AvgIpc) is 2.32. The topological polar surface area (TPSA) is 69.6 Å². The highest BCUT2D eigenvalue weighted by atomic mass is 16.4. The quantitative estimate of drug-likeness (QED) is 0.873. The number of carbonyl (C=O) groups is 2. The maximum Gasteiger partial charge on any atom is 0.305 e. The summed E-state index contributed by atoms with van der Waals surface area (Å²) in [5.74, 6) is -0.985. The standard InChI is InChI=1S/C14H18N2O3/c1-8-6-11-12(7-9(8)2)16(5-4-13(17)18)14(19)10(3)15-11/h6-7,10,15H,4-5H2,1-3H3,(H,17,18). The molecule has 0 aromatic heterocycles. The molecule has 19 heavy (non-hydrogen) atoms. The van der Waals surface area contributed by atoms with E-state index in [0.29, 0.717) is 0 Å². The van der Waals surface area contributed by atoms with E-state index >= 15 is 0 Å². The lowest BCUT2D eigenvalue weighted by Gasteiger charge is -2.34. The zero-order chi connectivity index (χ0) is 14.2. The van der Waals surface area contributed by atoms with Gasteiger partial charge in [-0.05, 0) is 44.0 Å². The molecule has 0 spiro atoms. The third kappa shape index (κ3) is 2.54. The molecule has 1 atom stereocenters. The summed E-state index contributed by atoms with van der Waals surface area (Å²) < 4.78 is 0. The maximum atomic E-state index is 12.2. The Balaban J connectivity index is 2.40. The van der Waals surface area contributed by atoms with Gasteiger partial charge in [0.15, 0.2) is 0 Å². The number of amides is 1. The number of aliphatic carboxylic acids is 1. The lowest BCUT2D eigenvalue weighted by molar-refractivity contribution is -0.136. The molecular formula is C14H18N2O3. The summed E-state index contributed by atoms with van der Waals surface area (Å²) in [6.45, 7) is 5.98. The van der Waals surface area contributed by atoms with Gasteiger partial charge in [-0.1, -0.05) is 0 Å². The zero-order valence-corrected chi connectivity index (χ0v) is 11.4. The van der Waals surface area contributed by atoms with Gasteiger partial charge in [-0.25, -0.2) is 0 Å². The molecular weight excluding hydrogens is 244 g/mol. The van der Waals surface area contributed by atoms with Crippen molar-refractivity contribution in [1.82, 2.24) is 0 Å². The molecule has 1 heterocycles. The summed E-state index contributed by atoms with van der Waals surface area (Å²) in [4.78, 5) is 24.4. The van der Waals surface area contributed by atoms with E-state index in [1.165, 1.54) is 0 Å². The van der Waals surface area contributed by atoms with Crippen LogP contribution in [0, 0.1) is 13.8 Å². The number of hydrogen-bond donors (Lipinski definition) is 2. The van der Waals surface area contributed by atoms with Gasteiger partial charge in [-0.3, -0.25) is 9.59 Å². The Hall–Kier alpha value is -2.04. The highest BCUT2D eigenvalue weighted by Crippen LogP contribution is 2.34. The second-order valence-electron chi connectivity index (χ2n) is 4.95. The first-order chi connectivity index (χ1) is 8.90. The van der Waals surface area contributed by atoms with Crippen molar-refractivity contribution in [3.8, 4) is 0 Å². The summed E-state index contributed by atoms with van der Waals surface area (Å²) in [6, 6.07) is 3.61. The monoisotopic (exact) mass is 262 g/mol. The minimum atomic E-state index is -0.899. The molecule has 2 N–H and O–H groups in total. The normalized spacial score (nSPS) is 17.9. The Morgan fingerprint density at radius 2 is 2.00 bits per heavy atom. The fourth-order valence-electron chi connectivity index (χ4n) is 2.23. The predicted molar refractivity (Wildman–Crippen MR) is 73.6 cm³/mol. The molecule has 102 valence electrons. The number of nitrogens with zero attached hydrogens (tertiary/aromatic N) is 1. The van der Waals surface area contributed by atoms with Crippen LogP contribution < -0.4 is 10.2 Å². The molecule has 5 nitrogen and oxygen atoms in total. The summed E-state index contributed by atoms with van der Waals surface area (Å²) >= 11 is 0. The Labute approximate surface area is 112 Å². The molecule has 1 aliphatic rings. The van der Waals surface area contributed by atoms with E-state index in [-0.39, 0.29) is 24.9 Å². The van der Waals surface area contributed by atoms with E-state index < -0.39 is 5.97 Å². The van der Waals surface area contributed by atoms with E-state index in [2.05, 4.69) is 5.32 Å². The number of hydrogen-bond acceptors (Lipinski definition) is 3. The average molecular weight is 262 g/mol. The van der Waals surface area contributed by atoms with Gasteiger partial charge in [-0.15, -0.1) is 0 Å². The third-order valence-corrected chi connectivity index (χ3v) is 3.46. The molecule has 1 amide bonds. The van der Waals surface area contributed by atoms with E-state index in [1.807, 2.05) is 26.0 Å². The summed E-state index contributed by atoms with van der Waals surface area (Å²) in [5.41, 5.74) is 3.89. The molecule has 0 radical (unpaired) electrons. The van der Waals surface area contributed by atoms with Crippen molar-refractivity contribution >= 4 is 23.3 Å². The number of fused-ring (bicyclic) bond motifs is 1. The van der Waals surface area contributed by atoms with Crippen molar-refractivity contribution in [2.45, 2.75) is 33.2 Å². The van der Waals surface area contributed by atoms with Crippen molar-refractivity contribution in [1.29, 1.82) is 0 Å². The van der Waals surface area contributed by atoms with Crippen molar-refractivity contribution in [2.24, 2.45) is 0 Å². The minimum Gasteiger partial charge on any atom is -0.481 e. The molecule has 1 aromatic carbocycles. The first-order valence-electron chi connectivity index (χ1n) is 6.31. The van der Waals surface area contributed by atoms with Crippen LogP contribution in [0.1, 0.15) is 24.5 Å². The molecule has 0 saturated heterocycles. The largest absolute Gasteiger partial charge is 0.481 e.